The minimum atomic E-state index is 0.272. The Morgan fingerprint density at radius 1 is 1.16 bits per heavy atom. The third-order valence-electron chi connectivity index (χ3n) is 5.45. The first kappa shape index (κ1) is 17.7. The van der Waals surface area contributed by atoms with Gasteiger partial charge in [-0.2, -0.15) is 0 Å². The van der Waals surface area contributed by atoms with E-state index in [1.165, 1.54) is 31.2 Å². The topological polar surface area (TPSA) is 32.9 Å². The molecule has 1 atom stereocenters. The van der Waals surface area contributed by atoms with E-state index >= 15 is 0 Å². The number of aromatic nitrogens is 1. The van der Waals surface area contributed by atoms with E-state index in [4.69, 9.17) is 0 Å². The van der Waals surface area contributed by atoms with Gasteiger partial charge in [0.05, 0.1) is 0 Å². The zero-order valence-electron chi connectivity index (χ0n) is 15.5. The number of unbranched alkanes of at least 4 members (excludes halogenated alkanes) is 3. The highest BCUT2D eigenvalue weighted by atomic mass is 16.1. The molecule has 1 aliphatic rings. The number of benzene rings is 1. The number of hydrogen-bond acceptors (Lipinski definition) is 1. The maximum absolute atomic E-state index is 12.8. The van der Waals surface area contributed by atoms with E-state index < -0.39 is 0 Å². The summed E-state index contributed by atoms with van der Waals surface area (Å²) in [7, 11) is 0. The summed E-state index contributed by atoms with van der Waals surface area (Å²) in [4.78, 5) is 16.3. The first-order chi connectivity index (χ1) is 12.1. The molecule has 1 heterocycles. The van der Waals surface area contributed by atoms with E-state index in [1.54, 1.807) is 0 Å². The van der Waals surface area contributed by atoms with Gasteiger partial charge in [0, 0.05) is 23.4 Å². The standard InChI is InChI=1S/C23H29NO/c1-4-5-6-8-11-16(2)23-17(3)22-20(24-23)14-19(15-21(22)25)18-12-9-7-10-13-18/h7,9-10,12-13,19,24H,2,4-6,8,11,14-15H2,1,3H3. The molecule has 2 nitrogen and oxygen atoms in total. The summed E-state index contributed by atoms with van der Waals surface area (Å²) in [6.07, 6.45) is 7.49. The number of hydrogen-bond donors (Lipinski definition) is 1. The first-order valence-electron chi connectivity index (χ1n) is 9.59. The number of rotatable bonds is 7. The highest BCUT2D eigenvalue weighted by Crippen LogP contribution is 2.36. The summed E-state index contributed by atoms with van der Waals surface area (Å²) in [6.45, 7) is 8.59. The smallest absolute Gasteiger partial charge is 0.165 e. The lowest BCUT2D eigenvalue weighted by molar-refractivity contribution is 0.0963. The van der Waals surface area contributed by atoms with Crippen molar-refractivity contribution in [1.29, 1.82) is 0 Å². The van der Waals surface area contributed by atoms with Crippen LogP contribution < -0.4 is 0 Å². The van der Waals surface area contributed by atoms with Crippen molar-refractivity contribution in [3.05, 3.63) is 65.0 Å². The molecule has 132 valence electrons. The molecule has 0 radical (unpaired) electrons. The largest absolute Gasteiger partial charge is 0.358 e. The number of nitrogens with one attached hydrogen (secondary N) is 1. The molecule has 0 saturated heterocycles. The first-order valence-corrected chi connectivity index (χ1v) is 9.59. The molecule has 2 heteroatoms. The lowest BCUT2D eigenvalue weighted by Gasteiger charge is -2.22. The number of carbonyl (C=O) groups excluding carboxylic acids is 1. The quantitative estimate of drug-likeness (QED) is 0.599. The predicted octanol–water partition coefficient (Wildman–Crippen LogP) is 6.22. The molecule has 2 aromatic rings. The van der Waals surface area contributed by atoms with Crippen LogP contribution in [0.2, 0.25) is 0 Å². The number of fused-ring (bicyclic) bond motifs is 1. The van der Waals surface area contributed by atoms with E-state index in [-0.39, 0.29) is 11.7 Å². The summed E-state index contributed by atoms with van der Waals surface area (Å²) >= 11 is 0. The molecule has 25 heavy (non-hydrogen) atoms. The number of Topliss-reactive ketones (excluding diaryl/α,β-unsaturated/α-hetero) is 1. The third kappa shape index (κ3) is 3.78. The second-order valence-corrected chi connectivity index (χ2v) is 7.33. The van der Waals surface area contributed by atoms with Gasteiger partial charge >= 0.3 is 0 Å². The van der Waals surface area contributed by atoms with Crippen LogP contribution >= 0.6 is 0 Å². The Bertz CT molecular complexity index is 754. The van der Waals surface area contributed by atoms with Crippen molar-refractivity contribution in [3.8, 4) is 0 Å². The van der Waals surface area contributed by atoms with Crippen LogP contribution in [0, 0.1) is 6.92 Å². The summed E-state index contributed by atoms with van der Waals surface area (Å²) < 4.78 is 0. The van der Waals surface area contributed by atoms with Gasteiger partial charge in [0.1, 0.15) is 0 Å². The van der Waals surface area contributed by atoms with Gasteiger partial charge in [-0.1, -0.05) is 63.1 Å². The Morgan fingerprint density at radius 3 is 2.64 bits per heavy atom. The van der Waals surface area contributed by atoms with Crippen LogP contribution in [-0.4, -0.2) is 10.8 Å². The minimum Gasteiger partial charge on any atom is -0.358 e. The fourth-order valence-corrected chi connectivity index (χ4v) is 4.04. The van der Waals surface area contributed by atoms with E-state index in [9.17, 15) is 4.79 Å². The van der Waals surface area contributed by atoms with Crippen LogP contribution in [0.1, 0.15) is 84.2 Å². The van der Waals surface area contributed by atoms with Gasteiger partial charge in [-0.25, -0.2) is 0 Å². The molecule has 1 aromatic heterocycles. The van der Waals surface area contributed by atoms with Crippen LogP contribution in [-0.2, 0) is 6.42 Å². The molecule has 0 fully saturated rings. The molecule has 0 amide bonds. The molecule has 0 bridgehead atoms. The highest BCUT2D eigenvalue weighted by Gasteiger charge is 2.30. The number of allylic oxidation sites excluding steroid dienone is 1. The lowest BCUT2D eigenvalue weighted by atomic mass is 9.81. The van der Waals surface area contributed by atoms with Crippen molar-refractivity contribution in [3.63, 3.8) is 0 Å². The van der Waals surface area contributed by atoms with Gasteiger partial charge < -0.3 is 4.98 Å². The van der Waals surface area contributed by atoms with E-state index in [0.717, 1.165) is 40.9 Å². The molecule has 3 rings (SSSR count). The van der Waals surface area contributed by atoms with Crippen molar-refractivity contribution in [2.75, 3.05) is 0 Å². The van der Waals surface area contributed by atoms with Gasteiger partial charge in [-0.3, -0.25) is 4.79 Å². The van der Waals surface area contributed by atoms with E-state index in [2.05, 4.69) is 49.7 Å². The molecule has 1 N–H and O–H groups in total. The van der Waals surface area contributed by atoms with Crippen LogP contribution in [0.4, 0.5) is 0 Å². The van der Waals surface area contributed by atoms with Crippen LogP contribution in [0.15, 0.2) is 36.9 Å². The fourth-order valence-electron chi connectivity index (χ4n) is 4.04. The Balaban J connectivity index is 1.78. The van der Waals surface area contributed by atoms with Crippen LogP contribution in [0.5, 0.6) is 0 Å². The molecule has 1 unspecified atom stereocenters. The number of carbonyl (C=O) groups is 1. The van der Waals surface area contributed by atoms with E-state index in [1.807, 2.05) is 6.07 Å². The summed E-state index contributed by atoms with van der Waals surface area (Å²) in [5.41, 5.74) is 6.64. The Kier molecular flexibility index (Phi) is 5.57. The van der Waals surface area contributed by atoms with E-state index in [0.29, 0.717) is 6.42 Å². The fraction of sp³-hybridized carbons (Fsp3) is 0.435. The second-order valence-electron chi connectivity index (χ2n) is 7.33. The lowest BCUT2D eigenvalue weighted by Crippen LogP contribution is -2.18. The summed E-state index contributed by atoms with van der Waals surface area (Å²) in [6, 6.07) is 10.4. The van der Waals surface area contributed by atoms with Gasteiger partial charge in [-0.05, 0) is 48.8 Å². The number of H-pyrrole nitrogens is 1. The van der Waals surface area contributed by atoms with Crippen molar-refractivity contribution in [2.45, 2.75) is 64.7 Å². The molecule has 0 saturated carbocycles. The average Bonchev–Trinajstić information content (AvgIpc) is 2.96. The molecule has 1 aromatic carbocycles. The van der Waals surface area contributed by atoms with Crippen molar-refractivity contribution >= 4 is 11.4 Å². The van der Waals surface area contributed by atoms with Gasteiger partial charge in [0.25, 0.3) is 0 Å². The Morgan fingerprint density at radius 2 is 1.92 bits per heavy atom. The van der Waals surface area contributed by atoms with Crippen molar-refractivity contribution in [2.24, 2.45) is 0 Å². The van der Waals surface area contributed by atoms with Gasteiger partial charge in [-0.15, -0.1) is 0 Å². The monoisotopic (exact) mass is 335 g/mol. The summed E-state index contributed by atoms with van der Waals surface area (Å²) in [5, 5.41) is 0. The Labute approximate surface area is 151 Å². The predicted molar refractivity (Wildman–Crippen MR) is 105 cm³/mol. The van der Waals surface area contributed by atoms with Gasteiger partial charge in [0.2, 0.25) is 0 Å². The summed E-state index contributed by atoms with van der Waals surface area (Å²) in [5.74, 6) is 0.554. The molecular weight excluding hydrogens is 306 g/mol. The normalized spacial score (nSPS) is 16.7. The van der Waals surface area contributed by atoms with Gasteiger partial charge in [0.15, 0.2) is 5.78 Å². The molecule has 0 spiro atoms. The zero-order valence-corrected chi connectivity index (χ0v) is 15.5. The third-order valence-corrected chi connectivity index (χ3v) is 5.45. The highest BCUT2D eigenvalue weighted by molar-refractivity contribution is 6.01. The van der Waals surface area contributed by atoms with Crippen molar-refractivity contribution < 1.29 is 4.79 Å². The van der Waals surface area contributed by atoms with Crippen LogP contribution in [0.25, 0.3) is 5.57 Å². The average molecular weight is 335 g/mol. The molecule has 0 aliphatic heterocycles. The molecular formula is C23H29NO. The number of ketones is 1. The minimum absolute atomic E-state index is 0.272. The maximum atomic E-state index is 12.8. The number of aromatic amines is 1. The Hall–Kier alpha value is -2.09. The van der Waals surface area contributed by atoms with Crippen LogP contribution in [0.3, 0.4) is 0 Å². The second kappa shape index (κ2) is 7.86. The van der Waals surface area contributed by atoms with Crippen molar-refractivity contribution in [1.82, 2.24) is 4.98 Å². The molecule has 1 aliphatic carbocycles. The SMILES string of the molecule is C=C(CCCCCC)c1[nH]c2c(c1C)C(=O)CC(c1ccccc1)C2. The zero-order chi connectivity index (χ0) is 17.8. The maximum Gasteiger partial charge on any atom is 0.165 e.